The molecule has 0 unspecified atom stereocenters. The smallest absolute Gasteiger partial charge is 0.286 e. The Bertz CT molecular complexity index is 1450. The lowest BCUT2D eigenvalue weighted by Crippen LogP contribution is -2.27. The summed E-state index contributed by atoms with van der Waals surface area (Å²) in [6.45, 7) is 5.69. The first-order chi connectivity index (χ1) is 13.9. The van der Waals surface area contributed by atoms with Crippen molar-refractivity contribution in [1.29, 1.82) is 0 Å². The van der Waals surface area contributed by atoms with Crippen LogP contribution in [0.2, 0.25) is 0 Å². The molecule has 170 valence electrons. The van der Waals surface area contributed by atoms with Gasteiger partial charge in [-0.05, 0) is 37.4 Å². The summed E-state index contributed by atoms with van der Waals surface area (Å²) in [5, 5.41) is 0.288. The standard InChI is InChI=1S/C18H21NO9S3/c1-11-18(2,3)17-14-9-12(30(23,24)25)10-16(31(26,27)28)13(14)5-6-15(17)19(11)7-4-8-29(20,21)22/h5-6,9-10H,4,7-8H2,1-3H3,(H2-,20,21,22,23,24,25,26,27,28)/p+1. The number of hydrogen-bond acceptors (Lipinski definition) is 6. The van der Waals surface area contributed by atoms with E-state index < -0.39 is 51.3 Å². The molecule has 10 nitrogen and oxygen atoms in total. The van der Waals surface area contributed by atoms with Crippen molar-refractivity contribution in [1.82, 2.24) is 0 Å². The molecule has 13 heteroatoms. The van der Waals surface area contributed by atoms with Crippen LogP contribution in [-0.4, -0.2) is 61.5 Å². The monoisotopic (exact) mass is 492 g/mol. The second kappa shape index (κ2) is 7.32. The van der Waals surface area contributed by atoms with Gasteiger partial charge >= 0.3 is 0 Å². The molecule has 1 aliphatic heterocycles. The minimum atomic E-state index is -4.81. The van der Waals surface area contributed by atoms with Crippen molar-refractivity contribution >= 4 is 52.5 Å². The van der Waals surface area contributed by atoms with E-state index in [4.69, 9.17) is 4.55 Å². The summed E-state index contributed by atoms with van der Waals surface area (Å²) in [5.74, 6) is -0.445. The molecule has 1 aliphatic rings. The first-order valence-electron chi connectivity index (χ1n) is 9.07. The molecule has 3 rings (SSSR count). The fourth-order valence-electron chi connectivity index (χ4n) is 4.00. The van der Waals surface area contributed by atoms with Crippen molar-refractivity contribution in [2.24, 2.45) is 0 Å². The molecule has 0 amide bonds. The van der Waals surface area contributed by atoms with Crippen molar-refractivity contribution in [3.05, 3.63) is 29.8 Å². The lowest BCUT2D eigenvalue weighted by atomic mass is 9.80. The summed E-state index contributed by atoms with van der Waals surface area (Å²) >= 11 is 0. The summed E-state index contributed by atoms with van der Waals surface area (Å²) in [5.41, 5.74) is 1.22. The van der Waals surface area contributed by atoms with E-state index in [1.165, 1.54) is 6.07 Å². The first kappa shape index (κ1) is 23.8. The van der Waals surface area contributed by atoms with E-state index in [0.29, 0.717) is 17.3 Å². The van der Waals surface area contributed by atoms with Crippen LogP contribution in [0.1, 0.15) is 32.8 Å². The quantitative estimate of drug-likeness (QED) is 0.404. The fourth-order valence-corrected chi connectivity index (χ4v) is 5.83. The van der Waals surface area contributed by atoms with Crippen LogP contribution < -0.4 is 0 Å². The summed E-state index contributed by atoms with van der Waals surface area (Å²) in [7, 11) is -13.7. The van der Waals surface area contributed by atoms with Crippen LogP contribution >= 0.6 is 0 Å². The van der Waals surface area contributed by atoms with Gasteiger partial charge in [0.25, 0.3) is 30.4 Å². The van der Waals surface area contributed by atoms with Gasteiger partial charge in [-0.25, -0.2) is 0 Å². The van der Waals surface area contributed by atoms with E-state index in [0.717, 1.165) is 11.8 Å². The molecule has 2 aromatic carbocycles. The molecule has 0 radical (unpaired) electrons. The van der Waals surface area contributed by atoms with Crippen molar-refractivity contribution in [2.75, 3.05) is 12.3 Å². The molecule has 0 saturated heterocycles. The third-order valence-electron chi connectivity index (χ3n) is 5.63. The fraction of sp³-hybridized carbons (Fsp3) is 0.389. The molecule has 0 fully saturated rings. The van der Waals surface area contributed by atoms with Crippen LogP contribution in [-0.2, 0) is 35.8 Å². The van der Waals surface area contributed by atoms with E-state index in [1.54, 1.807) is 13.0 Å². The lowest BCUT2D eigenvalue weighted by molar-refractivity contribution is -0.438. The highest BCUT2D eigenvalue weighted by Gasteiger charge is 2.44. The average Bonchev–Trinajstić information content (AvgIpc) is 2.78. The van der Waals surface area contributed by atoms with Gasteiger partial charge in [-0.2, -0.15) is 29.8 Å². The lowest BCUT2D eigenvalue weighted by Gasteiger charge is -2.18. The first-order valence-corrected chi connectivity index (χ1v) is 13.6. The molecule has 0 atom stereocenters. The zero-order valence-electron chi connectivity index (χ0n) is 16.9. The number of fused-ring (bicyclic) bond motifs is 3. The van der Waals surface area contributed by atoms with Gasteiger partial charge in [-0.1, -0.05) is 0 Å². The van der Waals surface area contributed by atoms with Crippen molar-refractivity contribution in [3.63, 3.8) is 0 Å². The Labute approximate surface area is 180 Å². The molecule has 0 spiro atoms. The number of rotatable bonds is 6. The average molecular weight is 493 g/mol. The summed E-state index contributed by atoms with van der Waals surface area (Å²) in [4.78, 5) is -1.34. The maximum atomic E-state index is 11.9. The predicted molar refractivity (Wildman–Crippen MR) is 113 cm³/mol. The van der Waals surface area contributed by atoms with Crippen molar-refractivity contribution in [2.45, 2.75) is 42.4 Å². The van der Waals surface area contributed by atoms with Crippen LogP contribution in [0.25, 0.3) is 10.8 Å². The number of hydrogen-bond donors (Lipinski definition) is 3. The van der Waals surface area contributed by atoms with Gasteiger partial charge in [-0.15, -0.1) is 0 Å². The van der Waals surface area contributed by atoms with E-state index in [-0.39, 0.29) is 23.7 Å². The third-order valence-corrected chi connectivity index (χ3v) is 8.16. The molecular formula is C18H22NO9S3+. The number of nitrogens with zero attached hydrogens (tertiary/aromatic N) is 1. The Morgan fingerprint density at radius 1 is 0.903 bits per heavy atom. The molecular weight excluding hydrogens is 470 g/mol. The van der Waals surface area contributed by atoms with Crippen LogP contribution in [0.15, 0.2) is 34.1 Å². The molecule has 0 aromatic heterocycles. The second-order valence-corrected chi connectivity index (χ2v) is 12.3. The Morgan fingerprint density at radius 2 is 1.52 bits per heavy atom. The highest BCUT2D eigenvalue weighted by Crippen LogP contribution is 2.45. The van der Waals surface area contributed by atoms with Gasteiger partial charge in [0.05, 0.1) is 16.1 Å². The molecule has 0 bridgehead atoms. The summed E-state index contributed by atoms with van der Waals surface area (Å²) in [6, 6.07) is 4.86. The summed E-state index contributed by atoms with van der Waals surface area (Å²) < 4.78 is 99.5. The maximum absolute atomic E-state index is 11.9. The van der Waals surface area contributed by atoms with Gasteiger partial charge in [0, 0.05) is 30.4 Å². The molecule has 1 heterocycles. The van der Waals surface area contributed by atoms with Crippen molar-refractivity contribution in [3.8, 4) is 0 Å². The van der Waals surface area contributed by atoms with Crippen LogP contribution in [0.4, 0.5) is 5.69 Å². The predicted octanol–water partition coefficient (Wildman–Crippen LogP) is 2.01. The van der Waals surface area contributed by atoms with Crippen LogP contribution in [0.5, 0.6) is 0 Å². The van der Waals surface area contributed by atoms with E-state index in [2.05, 4.69) is 0 Å². The van der Waals surface area contributed by atoms with E-state index >= 15 is 0 Å². The van der Waals surface area contributed by atoms with Gasteiger partial charge in [0.1, 0.15) is 11.4 Å². The van der Waals surface area contributed by atoms with Crippen molar-refractivity contribution < 1.29 is 43.5 Å². The van der Waals surface area contributed by atoms with E-state index in [9.17, 15) is 34.4 Å². The minimum absolute atomic E-state index is 0.0781. The second-order valence-electron chi connectivity index (χ2n) is 7.93. The van der Waals surface area contributed by atoms with Gasteiger partial charge in [-0.3, -0.25) is 13.7 Å². The zero-order valence-corrected chi connectivity index (χ0v) is 19.3. The Morgan fingerprint density at radius 3 is 2.03 bits per heavy atom. The zero-order chi connectivity index (χ0) is 23.6. The van der Waals surface area contributed by atoms with Crippen LogP contribution in [0, 0.1) is 0 Å². The maximum Gasteiger partial charge on any atom is 0.295 e. The Balaban J connectivity index is 2.33. The van der Waals surface area contributed by atoms with E-state index in [1.807, 2.05) is 18.4 Å². The molecule has 31 heavy (non-hydrogen) atoms. The SMILES string of the molecule is CC1=[N+](CCCS(=O)(=O)O)c2ccc3c(S(=O)(=O)O)cc(S(=O)(=O)O)cc3c2C1(C)C. The number of benzene rings is 2. The summed E-state index contributed by atoms with van der Waals surface area (Å²) in [6.07, 6.45) is 0.116. The van der Waals surface area contributed by atoms with Gasteiger partial charge in [0.2, 0.25) is 5.69 Å². The topological polar surface area (TPSA) is 166 Å². The minimum Gasteiger partial charge on any atom is -0.286 e. The molecule has 2 aromatic rings. The van der Waals surface area contributed by atoms with Gasteiger partial charge in [0.15, 0.2) is 5.71 Å². The molecule has 0 saturated carbocycles. The highest BCUT2D eigenvalue weighted by atomic mass is 32.2. The Hall–Kier alpha value is -1.90. The highest BCUT2D eigenvalue weighted by molar-refractivity contribution is 7.87. The van der Waals surface area contributed by atoms with Crippen LogP contribution in [0.3, 0.4) is 0 Å². The molecule has 3 N–H and O–H groups in total. The molecule has 0 aliphatic carbocycles. The Kier molecular flexibility index (Phi) is 5.61. The normalized spacial score (nSPS) is 16.7. The van der Waals surface area contributed by atoms with Gasteiger partial charge < -0.3 is 0 Å². The largest absolute Gasteiger partial charge is 0.295 e. The third kappa shape index (κ3) is 4.38.